The minimum absolute atomic E-state index is 0.0786. The molecule has 2 rings (SSSR count). The van der Waals surface area contributed by atoms with Crippen molar-refractivity contribution in [3.8, 4) is 0 Å². The van der Waals surface area contributed by atoms with Crippen LogP contribution in [0.15, 0.2) is 30.3 Å². The van der Waals surface area contributed by atoms with E-state index < -0.39 is 0 Å². The first kappa shape index (κ1) is 12.2. The number of hydrogen-bond acceptors (Lipinski definition) is 1. The Hall–Kier alpha value is -1.31. The Kier molecular flexibility index (Phi) is 2.98. The maximum absolute atomic E-state index is 12.2. The van der Waals surface area contributed by atoms with Crippen LogP contribution in [0.1, 0.15) is 45.6 Å². The van der Waals surface area contributed by atoms with Gasteiger partial charge in [0.15, 0.2) is 0 Å². The highest BCUT2D eigenvalue weighted by atomic mass is 16.2. The summed E-state index contributed by atoms with van der Waals surface area (Å²) in [5, 5.41) is 3.24. The first-order valence-corrected chi connectivity index (χ1v) is 6.38. The molecular formula is C15H21NO. The van der Waals surface area contributed by atoms with Crippen molar-refractivity contribution in [2.45, 2.75) is 45.6 Å². The molecule has 0 aromatic heterocycles. The summed E-state index contributed by atoms with van der Waals surface area (Å²) in [4.78, 5) is 12.2. The van der Waals surface area contributed by atoms with Gasteiger partial charge in [0.1, 0.15) is 0 Å². The molecule has 0 radical (unpaired) electrons. The SMILES string of the molecule is CCC(C)(C)C(=O)NC1(c2ccccc2)CC1. The van der Waals surface area contributed by atoms with Crippen LogP contribution in [0.5, 0.6) is 0 Å². The summed E-state index contributed by atoms with van der Waals surface area (Å²) in [5.41, 5.74) is 0.884. The number of hydrogen-bond donors (Lipinski definition) is 1. The lowest BCUT2D eigenvalue weighted by Gasteiger charge is -2.26. The summed E-state index contributed by atoms with van der Waals surface area (Å²) >= 11 is 0. The minimum Gasteiger partial charge on any atom is -0.346 e. The predicted octanol–water partition coefficient (Wildman–Crippen LogP) is 3.23. The van der Waals surface area contributed by atoms with Gasteiger partial charge in [0, 0.05) is 5.41 Å². The second kappa shape index (κ2) is 4.17. The normalized spacial score (nSPS) is 17.6. The van der Waals surface area contributed by atoms with Crippen LogP contribution in [0.2, 0.25) is 0 Å². The number of rotatable bonds is 4. The van der Waals surface area contributed by atoms with E-state index in [2.05, 4.69) is 24.4 Å². The maximum Gasteiger partial charge on any atom is 0.226 e. The van der Waals surface area contributed by atoms with Gasteiger partial charge in [-0.1, -0.05) is 51.1 Å². The van der Waals surface area contributed by atoms with E-state index in [0.717, 1.165) is 19.3 Å². The summed E-state index contributed by atoms with van der Waals surface area (Å²) in [6.07, 6.45) is 2.98. The average molecular weight is 231 g/mol. The van der Waals surface area contributed by atoms with Crippen molar-refractivity contribution in [1.82, 2.24) is 5.32 Å². The molecule has 0 aliphatic heterocycles. The van der Waals surface area contributed by atoms with E-state index in [9.17, 15) is 4.79 Å². The van der Waals surface area contributed by atoms with Gasteiger partial charge in [-0.25, -0.2) is 0 Å². The number of amides is 1. The maximum atomic E-state index is 12.2. The van der Waals surface area contributed by atoms with Crippen molar-refractivity contribution < 1.29 is 4.79 Å². The van der Waals surface area contributed by atoms with Gasteiger partial charge in [0.25, 0.3) is 0 Å². The molecule has 0 atom stereocenters. The van der Waals surface area contributed by atoms with Gasteiger partial charge >= 0.3 is 0 Å². The lowest BCUT2D eigenvalue weighted by atomic mass is 9.88. The monoisotopic (exact) mass is 231 g/mol. The Balaban J connectivity index is 2.12. The van der Waals surface area contributed by atoms with Crippen LogP contribution < -0.4 is 5.32 Å². The smallest absolute Gasteiger partial charge is 0.226 e. The minimum atomic E-state index is -0.273. The lowest BCUT2D eigenvalue weighted by Crippen LogP contribution is -2.42. The van der Waals surface area contributed by atoms with Gasteiger partial charge in [-0.15, -0.1) is 0 Å². The Morgan fingerprint density at radius 3 is 2.35 bits per heavy atom. The summed E-state index contributed by atoms with van der Waals surface area (Å²) in [5.74, 6) is 0.168. The van der Waals surface area contributed by atoms with Crippen LogP contribution in [0, 0.1) is 5.41 Å². The highest BCUT2D eigenvalue weighted by molar-refractivity contribution is 5.83. The van der Waals surface area contributed by atoms with E-state index in [0.29, 0.717) is 0 Å². The molecule has 1 saturated carbocycles. The Morgan fingerprint density at radius 1 is 1.29 bits per heavy atom. The Labute approximate surface area is 103 Å². The molecule has 2 nitrogen and oxygen atoms in total. The Morgan fingerprint density at radius 2 is 1.88 bits per heavy atom. The molecule has 1 amide bonds. The van der Waals surface area contributed by atoms with Crippen LogP contribution in [-0.4, -0.2) is 5.91 Å². The molecule has 2 heteroatoms. The van der Waals surface area contributed by atoms with Crippen molar-refractivity contribution in [1.29, 1.82) is 0 Å². The first-order valence-electron chi connectivity index (χ1n) is 6.38. The molecule has 1 aliphatic rings. The summed E-state index contributed by atoms with van der Waals surface area (Å²) in [6.45, 7) is 6.06. The second-order valence-corrected chi connectivity index (χ2v) is 5.64. The van der Waals surface area contributed by atoms with Crippen molar-refractivity contribution in [3.63, 3.8) is 0 Å². The lowest BCUT2D eigenvalue weighted by molar-refractivity contribution is -0.130. The van der Waals surface area contributed by atoms with Crippen LogP contribution in [0.4, 0.5) is 0 Å². The van der Waals surface area contributed by atoms with Gasteiger partial charge in [-0.2, -0.15) is 0 Å². The molecule has 1 N–H and O–H groups in total. The second-order valence-electron chi connectivity index (χ2n) is 5.64. The molecule has 92 valence electrons. The van der Waals surface area contributed by atoms with Gasteiger partial charge in [-0.05, 0) is 24.8 Å². The van der Waals surface area contributed by atoms with Crippen molar-refractivity contribution in [2.24, 2.45) is 5.41 Å². The van der Waals surface area contributed by atoms with Crippen LogP contribution in [-0.2, 0) is 10.3 Å². The van der Waals surface area contributed by atoms with Crippen LogP contribution in [0.25, 0.3) is 0 Å². The molecule has 0 spiro atoms. The summed E-state index contributed by atoms with van der Waals surface area (Å²) in [6, 6.07) is 10.3. The van der Waals surface area contributed by atoms with Crippen molar-refractivity contribution in [2.75, 3.05) is 0 Å². The predicted molar refractivity (Wildman–Crippen MR) is 69.6 cm³/mol. The molecule has 1 aliphatic carbocycles. The standard InChI is InChI=1S/C15H21NO/c1-4-14(2,3)13(17)16-15(10-11-15)12-8-6-5-7-9-12/h5-9H,4,10-11H2,1-3H3,(H,16,17). The number of benzene rings is 1. The van der Waals surface area contributed by atoms with Crippen LogP contribution in [0.3, 0.4) is 0 Å². The van der Waals surface area contributed by atoms with E-state index in [-0.39, 0.29) is 16.9 Å². The average Bonchev–Trinajstić information content (AvgIpc) is 3.11. The highest BCUT2D eigenvalue weighted by Gasteiger charge is 2.47. The Bertz CT molecular complexity index is 404. The third kappa shape index (κ3) is 2.36. The zero-order chi connectivity index (χ0) is 12.5. The van der Waals surface area contributed by atoms with E-state index in [4.69, 9.17) is 0 Å². The highest BCUT2D eigenvalue weighted by Crippen LogP contribution is 2.46. The van der Waals surface area contributed by atoms with Gasteiger partial charge in [-0.3, -0.25) is 4.79 Å². The van der Waals surface area contributed by atoms with E-state index in [1.165, 1.54) is 5.56 Å². The van der Waals surface area contributed by atoms with Gasteiger partial charge in [0.2, 0.25) is 5.91 Å². The van der Waals surface area contributed by atoms with Crippen LogP contribution >= 0.6 is 0 Å². The molecule has 1 fully saturated rings. The zero-order valence-electron chi connectivity index (χ0n) is 10.9. The quantitative estimate of drug-likeness (QED) is 0.847. The molecular weight excluding hydrogens is 210 g/mol. The summed E-state index contributed by atoms with van der Waals surface area (Å²) < 4.78 is 0. The number of carbonyl (C=O) groups excluding carboxylic acids is 1. The molecule has 0 bridgehead atoms. The molecule has 0 saturated heterocycles. The third-order valence-electron chi connectivity index (χ3n) is 3.93. The molecule has 0 unspecified atom stereocenters. The molecule has 1 aromatic rings. The van der Waals surface area contributed by atoms with E-state index in [1.54, 1.807) is 0 Å². The summed E-state index contributed by atoms with van der Waals surface area (Å²) in [7, 11) is 0. The molecule has 0 heterocycles. The molecule has 17 heavy (non-hydrogen) atoms. The zero-order valence-corrected chi connectivity index (χ0v) is 10.9. The van der Waals surface area contributed by atoms with Crippen molar-refractivity contribution >= 4 is 5.91 Å². The topological polar surface area (TPSA) is 29.1 Å². The third-order valence-corrected chi connectivity index (χ3v) is 3.93. The number of nitrogens with one attached hydrogen (secondary N) is 1. The van der Waals surface area contributed by atoms with E-state index >= 15 is 0 Å². The largest absolute Gasteiger partial charge is 0.346 e. The van der Waals surface area contributed by atoms with E-state index in [1.807, 2.05) is 32.0 Å². The fourth-order valence-electron chi connectivity index (χ4n) is 1.92. The van der Waals surface area contributed by atoms with Gasteiger partial charge < -0.3 is 5.32 Å². The van der Waals surface area contributed by atoms with Gasteiger partial charge in [0.05, 0.1) is 5.54 Å². The fourth-order valence-corrected chi connectivity index (χ4v) is 1.92. The molecule has 1 aromatic carbocycles. The fraction of sp³-hybridized carbons (Fsp3) is 0.533. The first-order chi connectivity index (χ1) is 8.00. The van der Waals surface area contributed by atoms with Crippen molar-refractivity contribution in [3.05, 3.63) is 35.9 Å². The number of carbonyl (C=O) groups is 1.